The topological polar surface area (TPSA) is 95.3 Å². The number of amides is 1. The van der Waals surface area contributed by atoms with Crippen molar-refractivity contribution in [2.45, 2.75) is 11.4 Å². The minimum absolute atomic E-state index is 0.0520. The molecule has 1 N–H and O–H groups in total. The van der Waals surface area contributed by atoms with Crippen LogP contribution in [0.5, 0.6) is 5.75 Å². The summed E-state index contributed by atoms with van der Waals surface area (Å²) in [5.74, 6) is -0.679. The van der Waals surface area contributed by atoms with E-state index in [2.05, 4.69) is 5.32 Å². The molecule has 0 radical (unpaired) electrons. The van der Waals surface area contributed by atoms with Gasteiger partial charge in [-0.05, 0) is 36.1 Å². The Kier molecular flexibility index (Phi) is 5.00. The van der Waals surface area contributed by atoms with E-state index in [9.17, 15) is 20.0 Å². The Labute approximate surface area is 131 Å². The van der Waals surface area contributed by atoms with Gasteiger partial charge < -0.3 is 10.4 Å². The Hall–Kier alpha value is -2.54. The predicted molar refractivity (Wildman–Crippen MR) is 81.9 cm³/mol. The van der Waals surface area contributed by atoms with Crippen LogP contribution in [-0.2, 0) is 6.54 Å². The van der Waals surface area contributed by atoms with Crippen molar-refractivity contribution in [2.24, 2.45) is 0 Å². The lowest BCUT2D eigenvalue weighted by atomic mass is 10.1. The number of benzene rings is 2. The zero-order chi connectivity index (χ0) is 16.1. The number of carbonyl (C=O) groups is 1. The third-order valence-electron chi connectivity index (χ3n) is 3.05. The first-order valence-electron chi connectivity index (χ1n) is 6.38. The normalized spacial score (nSPS) is 10.2. The van der Waals surface area contributed by atoms with Gasteiger partial charge in [0.05, 0.1) is 4.92 Å². The molecule has 2 rings (SSSR count). The fourth-order valence-electron chi connectivity index (χ4n) is 1.84. The molecule has 0 aliphatic heterocycles. The number of nitrogens with zero attached hydrogens (tertiary/aromatic N) is 1. The fourth-order valence-corrected chi connectivity index (χ4v) is 2.25. The second-order valence-electron chi connectivity index (χ2n) is 4.46. The van der Waals surface area contributed by atoms with Crippen LogP contribution in [0.25, 0.3) is 0 Å². The quantitative estimate of drug-likeness (QED) is 0.519. The predicted octanol–water partition coefficient (Wildman–Crippen LogP) is 2.32. The van der Waals surface area contributed by atoms with Gasteiger partial charge in [-0.25, -0.2) is 0 Å². The zero-order valence-corrected chi connectivity index (χ0v) is 12.6. The molecular formula is C15H13N2O4S-. The smallest absolute Gasteiger partial charge is 0.269 e. The monoisotopic (exact) mass is 317 g/mol. The highest BCUT2D eigenvalue weighted by Gasteiger charge is 2.09. The van der Waals surface area contributed by atoms with Crippen molar-refractivity contribution in [3.05, 3.63) is 63.7 Å². The number of carbonyl (C=O) groups excluding carboxylic acids is 1. The second kappa shape index (κ2) is 6.95. The third-order valence-corrected chi connectivity index (χ3v) is 3.79. The molecule has 7 heteroatoms. The molecule has 1 amide bonds. The standard InChI is InChI=1S/C15H14N2O4S/c1-22-13-5-2-10(3-6-13)15(19)16-9-11-8-12(17(20)21)4-7-14(11)18/h2-8,18H,9H2,1H3,(H,16,19)/p-1. The summed E-state index contributed by atoms with van der Waals surface area (Å²) in [6.07, 6.45) is 1.94. The van der Waals surface area contributed by atoms with Crippen molar-refractivity contribution in [3.63, 3.8) is 0 Å². The number of hydrogen-bond acceptors (Lipinski definition) is 5. The molecule has 0 aliphatic carbocycles. The summed E-state index contributed by atoms with van der Waals surface area (Å²) in [4.78, 5) is 23.2. The van der Waals surface area contributed by atoms with E-state index in [-0.39, 0.29) is 29.5 Å². The summed E-state index contributed by atoms with van der Waals surface area (Å²) in [6.45, 7) is -0.0520. The van der Waals surface area contributed by atoms with Crippen LogP contribution in [0.2, 0.25) is 0 Å². The van der Waals surface area contributed by atoms with Crippen LogP contribution in [0.4, 0.5) is 5.69 Å². The number of nitrogens with one attached hydrogen (secondary N) is 1. The Morgan fingerprint density at radius 3 is 2.50 bits per heavy atom. The van der Waals surface area contributed by atoms with Crippen LogP contribution in [0.3, 0.4) is 0 Å². The lowest BCUT2D eigenvalue weighted by Crippen LogP contribution is -2.23. The van der Waals surface area contributed by atoms with Gasteiger partial charge >= 0.3 is 0 Å². The van der Waals surface area contributed by atoms with E-state index in [1.807, 2.05) is 18.4 Å². The molecule has 0 aromatic heterocycles. The third kappa shape index (κ3) is 3.76. The molecule has 0 aliphatic rings. The van der Waals surface area contributed by atoms with Crippen LogP contribution in [0.1, 0.15) is 15.9 Å². The van der Waals surface area contributed by atoms with Gasteiger partial charge in [0, 0.05) is 29.1 Å². The van der Waals surface area contributed by atoms with Gasteiger partial charge in [-0.2, -0.15) is 0 Å². The van der Waals surface area contributed by atoms with E-state index < -0.39 is 4.92 Å². The molecule has 0 fully saturated rings. The van der Waals surface area contributed by atoms with Gasteiger partial charge in [-0.3, -0.25) is 14.9 Å². The van der Waals surface area contributed by atoms with Crippen LogP contribution in [0.15, 0.2) is 47.4 Å². The maximum absolute atomic E-state index is 12.0. The van der Waals surface area contributed by atoms with E-state index >= 15 is 0 Å². The lowest BCUT2D eigenvalue weighted by Gasteiger charge is -2.13. The summed E-state index contributed by atoms with van der Waals surface area (Å²) in [5.41, 5.74) is 0.479. The van der Waals surface area contributed by atoms with Crippen LogP contribution in [-0.4, -0.2) is 17.1 Å². The first kappa shape index (κ1) is 15.8. The van der Waals surface area contributed by atoms with Crippen molar-refractivity contribution in [1.29, 1.82) is 0 Å². The lowest BCUT2D eigenvalue weighted by molar-refractivity contribution is -0.385. The van der Waals surface area contributed by atoms with Crippen LogP contribution < -0.4 is 10.4 Å². The minimum atomic E-state index is -0.577. The molecule has 2 aromatic carbocycles. The Morgan fingerprint density at radius 2 is 1.91 bits per heavy atom. The van der Waals surface area contributed by atoms with E-state index in [0.29, 0.717) is 5.56 Å². The Bertz CT molecular complexity index is 701. The average Bonchev–Trinajstić information content (AvgIpc) is 2.53. The van der Waals surface area contributed by atoms with Gasteiger partial charge in [0.2, 0.25) is 0 Å². The van der Waals surface area contributed by atoms with Crippen molar-refractivity contribution < 1.29 is 14.8 Å². The maximum atomic E-state index is 12.0. The average molecular weight is 317 g/mol. The molecule has 0 heterocycles. The van der Waals surface area contributed by atoms with Gasteiger partial charge in [0.1, 0.15) is 0 Å². The van der Waals surface area contributed by atoms with Crippen molar-refractivity contribution in [3.8, 4) is 5.75 Å². The number of nitro groups is 1. The van der Waals surface area contributed by atoms with Gasteiger partial charge in [-0.1, -0.05) is 6.07 Å². The summed E-state index contributed by atoms with van der Waals surface area (Å²) in [6, 6.07) is 10.5. The zero-order valence-electron chi connectivity index (χ0n) is 11.7. The molecular weight excluding hydrogens is 304 g/mol. The molecule has 2 aromatic rings. The van der Waals surface area contributed by atoms with Crippen LogP contribution in [0, 0.1) is 10.1 Å². The number of nitro benzene ring substituents is 1. The first-order chi connectivity index (χ1) is 10.5. The highest BCUT2D eigenvalue weighted by molar-refractivity contribution is 7.98. The van der Waals surface area contributed by atoms with Crippen molar-refractivity contribution >= 4 is 23.4 Å². The molecule has 22 heavy (non-hydrogen) atoms. The first-order valence-corrected chi connectivity index (χ1v) is 7.60. The molecule has 6 nitrogen and oxygen atoms in total. The summed E-state index contributed by atoms with van der Waals surface area (Å²) < 4.78 is 0. The van der Waals surface area contributed by atoms with Gasteiger partial charge in [0.25, 0.3) is 11.6 Å². The summed E-state index contributed by atoms with van der Waals surface area (Å²) in [5, 5.41) is 24.9. The molecule has 0 bridgehead atoms. The second-order valence-corrected chi connectivity index (χ2v) is 5.34. The van der Waals surface area contributed by atoms with E-state index in [1.54, 1.807) is 23.9 Å². The highest BCUT2D eigenvalue weighted by Crippen LogP contribution is 2.21. The largest absolute Gasteiger partial charge is 0.872 e. The maximum Gasteiger partial charge on any atom is 0.269 e. The molecule has 0 atom stereocenters. The SMILES string of the molecule is CSc1ccc(C(=O)NCc2cc([N+](=O)[O-])ccc2[O-])cc1. The number of hydrogen-bond donors (Lipinski definition) is 1. The number of rotatable bonds is 5. The Morgan fingerprint density at radius 1 is 1.23 bits per heavy atom. The van der Waals surface area contributed by atoms with Gasteiger partial charge in [0.15, 0.2) is 0 Å². The van der Waals surface area contributed by atoms with Crippen LogP contribution >= 0.6 is 11.8 Å². The molecule has 0 saturated heterocycles. The molecule has 0 spiro atoms. The molecule has 0 unspecified atom stereocenters. The van der Waals surface area contributed by atoms with E-state index in [4.69, 9.17) is 0 Å². The van der Waals surface area contributed by atoms with E-state index in [0.717, 1.165) is 17.0 Å². The summed E-state index contributed by atoms with van der Waals surface area (Å²) in [7, 11) is 0. The highest BCUT2D eigenvalue weighted by atomic mass is 32.2. The van der Waals surface area contributed by atoms with Gasteiger partial charge in [-0.15, -0.1) is 17.5 Å². The fraction of sp³-hybridized carbons (Fsp3) is 0.133. The number of non-ortho nitro benzene ring substituents is 1. The molecule has 0 saturated carbocycles. The summed E-state index contributed by atoms with van der Waals surface area (Å²) >= 11 is 1.57. The van der Waals surface area contributed by atoms with E-state index in [1.165, 1.54) is 6.07 Å². The minimum Gasteiger partial charge on any atom is -0.872 e. The van der Waals surface area contributed by atoms with Crippen molar-refractivity contribution in [1.82, 2.24) is 5.32 Å². The number of thioether (sulfide) groups is 1. The Balaban J connectivity index is 2.07. The molecule has 114 valence electrons. The van der Waals surface area contributed by atoms with Crippen molar-refractivity contribution in [2.75, 3.05) is 6.26 Å².